The van der Waals surface area contributed by atoms with Crippen LogP contribution in [0.3, 0.4) is 0 Å². The highest BCUT2D eigenvalue weighted by molar-refractivity contribution is 5.78. The highest BCUT2D eigenvalue weighted by Gasteiger charge is 2.42. The first kappa shape index (κ1) is 17.4. The fourth-order valence-electron chi connectivity index (χ4n) is 3.15. The smallest absolute Gasteiger partial charge is 0.352 e. The molecule has 0 radical (unpaired) electrons. The summed E-state index contributed by atoms with van der Waals surface area (Å²) < 4.78 is 39.4. The normalized spacial score (nSPS) is 21.2. The number of alkyl halides is 3. The van der Waals surface area contributed by atoms with E-state index in [1.807, 2.05) is 0 Å². The maximum Gasteiger partial charge on any atom is 0.391 e. The SMILES string of the molecule is O=C(Cn1nnc2ccccc2c1=O)NC1CCCC(C(F)(F)F)C1. The van der Waals surface area contributed by atoms with Crippen LogP contribution in [0.2, 0.25) is 0 Å². The van der Waals surface area contributed by atoms with Gasteiger partial charge in [0.05, 0.1) is 11.3 Å². The lowest BCUT2D eigenvalue weighted by Gasteiger charge is -2.31. The third-order valence-corrected chi connectivity index (χ3v) is 4.42. The van der Waals surface area contributed by atoms with Crippen molar-refractivity contribution in [2.24, 2.45) is 5.92 Å². The van der Waals surface area contributed by atoms with Crippen LogP contribution in [0.25, 0.3) is 10.9 Å². The first-order chi connectivity index (χ1) is 11.8. The van der Waals surface area contributed by atoms with Gasteiger partial charge in [0.2, 0.25) is 5.91 Å². The minimum Gasteiger partial charge on any atom is -0.352 e. The summed E-state index contributed by atoms with van der Waals surface area (Å²) in [6.07, 6.45) is -3.38. The minimum absolute atomic E-state index is 0.0888. The highest BCUT2D eigenvalue weighted by Crippen LogP contribution is 2.37. The third-order valence-electron chi connectivity index (χ3n) is 4.42. The predicted molar refractivity (Wildman–Crippen MR) is 83.7 cm³/mol. The number of rotatable bonds is 3. The van der Waals surface area contributed by atoms with Gasteiger partial charge in [-0.15, -0.1) is 5.10 Å². The van der Waals surface area contributed by atoms with Crippen molar-refractivity contribution in [2.75, 3.05) is 0 Å². The Balaban J connectivity index is 1.67. The van der Waals surface area contributed by atoms with E-state index in [1.54, 1.807) is 24.3 Å². The summed E-state index contributed by atoms with van der Waals surface area (Å²) >= 11 is 0. The number of nitrogens with zero attached hydrogens (tertiary/aromatic N) is 3. The Bertz CT molecular complexity index is 834. The second-order valence-electron chi connectivity index (χ2n) is 6.24. The quantitative estimate of drug-likeness (QED) is 0.915. The number of carbonyl (C=O) groups is 1. The summed E-state index contributed by atoms with van der Waals surface area (Å²) in [4.78, 5) is 24.4. The monoisotopic (exact) mass is 354 g/mol. The van der Waals surface area contributed by atoms with Gasteiger partial charge in [0.1, 0.15) is 12.1 Å². The molecule has 1 heterocycles. The summed E-state index contributed by atoms with van der Waals surface area (Å²) in [7, 11) is 0. The maximum absolute atomic E-state index is 12.8. The fourth-order valence-corrected chi connectivity index (χ4v) is 3.15. The topological polar surface area (TPSA) is 76.9 Å². The molecule has 1 N–H and O–H groups in total. The van der Waals surface area contributed by atoms with Gasteiger partial charge < -0.3 is 5.32 Å². The van der Waals surface area contributed by atoms with Crippen LogP contribution in [-0.2, 0) is 11.3 Å². The molecule has 1 amide bonds. The lowest BCUT2D eigenvalue weighted by atomic mass is 9.85. The number of fused-ring (bicyclic) bond motifs is 1. The molecule has 2 atom stereocenters. The van der Waals surface area contributed by atoms with E-state index in [9.17, 15) is 22.8 Å². The molecule has 6 nitrogen and oxygen atoms in total. The molecule has 1 fully saturated rings. The molecule has 9 heteroatoms. The zero-order chi connectivity index (χ0) is 18.0. The molecule has 0 aliphatic heterocycles. The van der Waals surface area contributed by atoms with Crippen molar-refractivity contribution in [3.05, 3.63) is 34.6 Å². The first-order valence-corrected chi connectivity index (χ1v) is 8.03. The summed E-state index contributed by atoms with van der Waals surface area (Å²) in [5.74, 6) is -1.94. The molecule has 2 aromatic rings. The molecule has 0 saturated heterocycles. The minimum atomic E-state index is -4.25. The average molecular weight is 354 g/mol. The van der Waals surface area contributed by atoms with Crippen molar-refractivity contribution in [3.63, 3.8) is 0 Å². The Kier molecular flexibility index (Phi) is 4.73. The number of nitrogens with one attached hydrogen (secondary N) is 1. The molecule has 3 rings (SSSR count). The van der Waals surface area contributed by atoms with Crippen molar-refractivity contribution in [3.8, 4) is 0 Å². The van der Waals surface area contributed by atoms with Crippen LogP contribution in [0.1, 0.15) is 25.7 Å². The molecule has 1 saturated carbocycles. The van der Waals surface area contributed by atoms with Crippen LogP contribution in [0.15, 0.2) is 29.1 Å². The molecule has 134 valence electrons. The number of hydrogen-bond acceptors (Lipinski definition) is 4. The zero-order valence-corrected chi connectivity index (χ0v) is 13.3. The summed E-state index contributed by atoms with van der Waals surface area (Å²) in [6.45, 7) is -0.371. The van der Waals surface area contributed by atoms with Crippen molar-refractivity contribution in [1.29, 1.82) is 0 Å². The number of halogens is 3. The Morgan fingerprint density at radius 1 is 1.28 bits per heavy atom. The van der Waals surface area contributed by atoms with E-state index in [4.69, 9.17) is 0 Å². The third kappa shape index (κ3) is 3.97. The highest BCUT2D eigenvalue weighted by atomic mass is 19.4. The van der Waals surface area contributed by atoms with Gasteiger partial charge in [0.15, 0.2) is 0 Å². The Morgan fingerprint density at radius 2 is 2.04 bits per heavy atom. The molecule has 1 aliphatic carbocycles. The van der Waals surface area contributed by atoms with E-state index in [-0.39, 0.29) is 19.4 Å². The van der Waals surface area contributed by atoms with Crippen LogP contribution in [0.5, 0.6) is 0 Å². The number of amides is 1. The average Bonchev–Trinajstić information content (AvgIpc) is 2.57. The summed E-state index contributed by atoms with van der Waals surface area (Å²) in [6, 6.07) is 6.06. The van der Waals surface area contributed by atoms with Crippen LogP contribution in [-0.4, -0.2) is 33.1 Å². The van der Waals surface area contributed by atoms with Gasteiger partial charge in [-0.3, -0.25) is 9.59 Å². The fraction of sp³-hybridized carbons (Fsp3) is 0.500. The maximum atomic E-state index is 12.8. The summed E-state index contributed by atoms with van der Waals surface area (Å²) in [5.41, 5.74) is -0.0398. The number of aromatic nitrogens is 3. The molecular weight excluding hydrogens is 337 g/mol. The Morgan fingerprint density at radius 3 is 2.80 bits per heavy atom. The van der Waals surface area contributed by atoms with E-state index >= 15 is 0 Å². The first-order valence-electron chi connectivity index (χ1n) is 8.03. The van der Waals surface area contributed by atoms with E-state index in [1.165, 1.54) is 0 Å². The standard InChI is InChI=1S/C16H17F3N4O2/c17-16(18,19)10-4-3-5-11(8-10)20-14(24)9-23-15(25)12-6-1-2-7-13(12)21-22-23/h1-2,6-7,10-11H,3-5,8-9H2,(H,20,24). The van der Waals surface area contributed by atoms with Gasteiger partial charge in [0, 0.05) is 6.04 Å². The molecule has 2 unspecified atom stereocenters. The van der Waals surface area contributed by atoms with Gasteiger partial charge in [-0.05, 0) is 31.4 Å². The molecular formula is C16H17F3N4O2. The van der Waals surface area contributed by atoms with E-state index < -0.39 is 29.6 Å². The summed E-state index contributed by atoms with van der Waals surface area (Å²) in [5, 5.41) is 10.5. The largest absolute Gasteiger partial charge is 0.391 e. The molecule has 0 bridgehead atoms. The van der Waals surface area contributed by atoms with Gasteiger partial charge in [-0.2, -0.15) is 13.2 Å². The van der Waals surface area contributed by atoms with E-state index in [0.717, 1.165) is 4.68 Å². The van der Waals surface area contributed by atoms with Gasteiger partial charge >= 0.3 is 6.18 Å². The van der Waals surface area contributed by atoms with Crippen molar-refractivity contribution < 1.29 is 18.0 Å². The lowest BCUT2D eigenvalue weighted by molar-refractivity contribution is -0.184. The molecule has 1 aliphatic rings. The molecule has 0 spiro atoms. The molecule has 25 heavy (non-hydrogen) atoms. The lowest BCUT2D eigenvalue weighted by Crippen LogP contribution is -2.44. The van der Waals surface area contributed by atoms with Crippen LogP contribution in [0.4, 0.5) is 13.2 Å². The second kappa shape index (κ2) is 6.81. The van der Waals surface area contributed by atoms with E-state index in [2.05, 4.69) is 15.6 Å². The van der Waals surface area contributed by atoms with Crippen LogP contribution >= 0.6 is 0 Å². The Labute approximate surface area is 141 Å². The number of hydrogen-bond donors (Lipinski definition) is 1. The van der Waals surface area contributed by atoms with Crippen molar-refractivity contribution >= 4 is 16.8 Å². The van der Waals surface area contributed by atoms with Gasteiger partial charge in [-0.1, -0.05) is 23.8 Å². The second-order valence-corrected chi connectivity index (χ2v) is 6.24. The number of carbonyl (C=O) groups excluding carboxylic acids is 1. The predicted octanol–water partition coefficient (Wildman–Crippen LogP) is 2.03. The van der Waals surface area contributed by atoms with Crippen molar-refractivity contribution in [1.82, 2.24) is 20.3 Å². The molecule has 1 aromatic carbocycles. The van der Waals surface area contributed by atoms with Crippen molar-refractivity contribution in [2.45, 2.75) is 44.4 Å². The van der Waals surface area contributed by atoms with Crippen LogP contribution in [0, 0.1) is 5.92 Å². The Hall–Kier alpha value is -2.45. The van der Waals surface area contributed by atoms with E-state index in [0.29, 0.717) is 23.7 Å². The van der Waals surface area contributed by atoms with Gasteiger partial charge in [0.25, 0.3) is 5.56 Å². The van der Waals surface area contributed by atoms with Gasteiger partial charge in [-0.25, -0.2) is 4.68 Å². The number of benzene rings is 1. The van der Waals surface area contributed by atoms with Crippen LogP contribution < -0.4 is 10.9 Å². The zero-order valence-electron chi connectivity index (χ0n) is 13.3. The molecule has 1 aromatic heterocycles.